The van der Waals surface area contributed by atoms with Crippen LogP contribution in [-0.4, -0.2) is 23.9 Å². The predicted molar refractivity (Wildman–Crippen MR) is 90.8 cm³/mol. The van der Waals surface area contributed by atoms with Crippen molar-refractivity contribution in [3.8, 4) is 5.75 Å². The van der Waals surface area contributed by atoms with E-state index in [-0.39, 0.29) is 18.8 Å². The van der Waals surface area contributed by atoms with E-state index in [1.807, 2.05) is 5.32 Å². The molecule has 1 heterocycles. The third-order valence-corrected chi connectivity index (χ3v) is 4.39. The number of rotatable bonds is 4. The molecule has 0 bridgehead atoms. The quantitative estimate of drug-likeness (QED) is 0.886. The minimum Gasteiger partial charge on any atom is -0.410 e. The first-order chi connectivity index (χ1) is 12.7. The van der Waals surface area contributed by atoms with Crippen LogP contribution in [0.1, 0.15) is 22.3 Å². The minimum absolute atomic E-state index is 0.0120. The van der Waals surface area contributed by atoms with Crippen LogP contribution in [-0.2, 0) is 23.8 Å². The molecule has 142 valence electrons. The summed E-state index contributed by atoms with van der Waals surface area (Å²) in [5, 5.41) is 1.90. The fourth-order valence-corrected chi connectivity index (χ4v) is 2.85. The summed E-state index contributed by atoms with van der Waals surface area (Å²) in [6, 6.07) is 8.33. The molecule has 5 nitrogen and oxygen atoms in total. The summed E-state index contributed by atoms with van der Waals surface area (Å²) in [7, 11) is 1.11. The van der Waals surface area contributed by atoms with Gasteiger partial charge in [-0.15, -0.1) is 0 Å². The van der Waals surface area contributed by atoms with Crippen LogP contribution in [0, 0.1) is 12.7 Å². The molecule has 27 heavy (non-hydrogen) atoms. The molecular weight excluding hydrogens is 361 g/mol. The van der Waals surface area contributed by atoms with Crippen molar-refractivity contribution in [3.63, 3.8) is 0 Å². The molecule has 0 unspecified atom stereocenters. The van der Waals surface area contributed by atoms with Crippen LogP contribution in [0.25, 0.3) is 0 Å². The lowest BCUT2D eigenvalue weighted by atomic mass is 10.0. The number of carbonyl (C=O) groups excluding carboxylic acids is 2. The lowest BCUT2D eigenvalue weighted by Gasteiger charge is -2.29. The number of amides is 2. The van der Waals surface area contributed by atoms with Crippen molar-refractivity contribution < 1.29 is 27.5 Å². The van der Waals surface area contributed by atoms with E-state index in [0.717, 1.165) is 19.2 Å². The molecule has 3 rings (SSSR count). The molecule has 2 aromatic carbocycles. The van der Waals surface area contributed by atoms with E-state index < -0.39 is 29.3 Å². The van der Waals surface area contributed by atoms with Gasteiger partial charge in [0, 0.05) is 23.7 Å². The minimum atomic E-state index is -3.75. The van der Waals surface area contributed by atoms with Crippen LogP contribution in [0.4, 0.5) is 18.0 Å². The fraction of sp³-hybridized carbons (Fsp3) is 0.263. The van der Waals surface area contributed by atoms with E-state index in [2.05, 4.69) is 0 Å². The molecule has 8 heteroatoms. The van der Waals surface area contributed by atoms with Crippen LogP contribution in [0.15, 0.2) is 36.4 Å². The summed E-state index contributed by atoms with van der Waals surface area (Å²) < 4.78 is 47.4. The number of ether oxygens (including phenoxy) is 1. The predicted octanol–water partition coefficient (Wildman–Crippen LogP) is 3.49. The van der Waals surface area contributed by atoms with Crippen molar-refractivity contribution in [2.75, 3.05) is 7.05 Å². The Kier molecular flexibility index (Phi) is 4.82. The van der Waals surface area contributed by atoms with Crippen molar-refractivity contribution in [2.45, 2.75) is 25.9 Å². The Morgan fingerprint density at radius 3 is 2.74 bits per heavy atom. The molecule has 0 spiro atoms. The monoisotopic (exact) mass is 378 g/mol. The smallest absolute Gasteiger partial charge is 0.410 e. The molecule has 1 aliphatic rings. The molecule has 2 amide bonds. The Labute approximate surface area is 153 Å². The number of likely N-dealkylation sites (N-methyl/N-ethyl adjacent to an activating group) is 1. The van der Waals surface area contributed by atoms with Gasteiger partial charge in [-0.05, 0) is 18.6 Å². The number of carbonyl (C=O) groups is 2. The number of hydrogen-bond donors (Lipinski definition) is 1. The molecule has 0 atom stereocenters. The van der Waals surface area contributed by atoms with Gasteiger partial charge in [-0.3, -0.25) is 9.69 Å². The summed E-state index contributed by atoms with van der Waals surface area (Å²) >= 11 is 0. The van der Waals surface area contributed by atoms with E-state index >= 15 is 0 Å². The Morgan fingerprint density at radius 2 is 2.04 bits per heavy atom. The first-order valence-electron chi connectivity index (χ1n) is 8.18. The largest absolute Gasteiger partial charge is 0.415 e. The van der Waals surface area contributed by atoms with E-state index in [9.17, 15) is 22.8 Å². The summed E-state index contributed by atoms with van der Waals surface area (Å²) in [5.41, 5.74) is 0.697. The molecule has 0 aromatic heterocycles. The highest BCUT2D eigenvalue weighted by Crippen LogP contribution is 2.35. The molecule has 1 N–H and O–H groups in total. The normalized spacial score (nSPS) is 13.8. The van der Waals surface area contributed by atoms with Gasteiger partial charge in [0.2, 0.25) is 0 Å². The Balaban J connectivity index is 1.85. The number of halogens is 3. The second kappa shape index (κ2) is 6.94. The van der Waals surface area contributed by atoms with E-state index in [4.69, 9.17) is 4.74 Å². The van der Waals surface area contributed by atoms with Gasteiger partial charge in [-0.1, -0.05) is 30.3 Å². The second-order valence-electron chi connectivity index (χ2n) is 6.25. The zero-order chi connectivity index (χ0) is 19.8. The lowest BCUT2D eigenvalue weighted by molar-refractivity contribution is -0.146. The van der Waals surface area contributed by atoms with Gasteiger partial charge in [0.25, 0.3) is 5.91 Å². The van der Waals surface area contributed by atoms with Gasteiger partial charge in [0.15, 0.2) is 0 Å². The average Bonchev–Trinajstić information content (AvgIpc) is 2.64. The van der Waals surface area contributed by atoms with Crippen LogP contribution >= 0.6 is 0 Å². The SMILES string of the molecule is CNC(=O)C(F)(F)c1ccc2c(c1)OC(=O)N(Cc1cccc(C)c1F)C2. The maximum Gasteiger partial charge on any atom is 0.415 e. The highest BCUT2D eigenvalue weighted by molar-refractivity contribution is 5.85. The highest BCUT2D eigenvalue weighted by Gasteiger charge is 2.41. The lowest BCUT2D eigenvalue weighted by Crippen LogP contribution is -2.38. The van der Waals surface area contributed by atoms with Gasteiger partial charge in [-0.25, -0.2) is 9.18 Å². The molecule has 0 fully saturated rings. The van der Waals surface area contributed by atoms with Gasteiger partial charge in [0.1, 0.15) is 11.6 Å². The number of nitrogens with zero attached hydrogens (tertiary/aromatic N) is 1. The summed E-state index contributed by atoms with van der Waals surface area (Å²) in [6.45, 7) is 1.69. The third kappa shape index (κ3) is 3.47. The van der Waals surface area contributed by atoms with Crippen LogP contribution in [0.5, 0.6) is 5.75 Å². The first kappa shape index (κ1) is 18.8. The zero-order valence-corrected chi connectivity index (χ0v) is 14.7. The second-order valence-corrected chi connectivity index (χ2v) is 6.25. The van der Waals surface area contributed by atoms with Crippen LogP contribution in [0.2, 0.25) is 0 Å². The van der Waals surface area contributed by atoms with Crippen molar-refractivity contribution in [3.05, 3.63) is 64.5 Å². The van der Waals surface area contributed by atoms with E-state index in [0.29, 0.717) is 16.7 Å². The molecule has 0 saturated heterocycles. The molecular formula is C19H17F3N2O3. The number of hydrogen-bond acceptors (Lipinski definition) is 3. The Morgan fingerprint density at radius 1 is 1.30 bits per heavy atom. The number of benzene rings is 2. The molecule has 0 radical (unpaired) electrons. The first-order valence-corrected chi connectivity index (χ1v) is 8.18. The van der Waals surface area contributed by atoms with Gasteiger partial charge < -0.3 is 10.1 Å². The van der Waals surface area contributed by atoms with E-state index in [1.54, 1.807) is 25.1 Å². The number of nitrogens with one attached hydrogen (secondary N) is 1. The standard InChI is InChI=1S/C19H17F3N2O3/c1-11-4-3-5-13(16(11)20)10-24-9-12-6-7-14(8-15(12)27-18(24)26)19(21,22)17(25)23-2/h3-8H,9-10H2,1-2H3,(H,23,25). The molecule has 0 aliphatic carbocycles. The summed E-state index contributed by atoms with van der Waals surface area (Å²) in [4.78, 5) is 24.9. The maximum atomic E-state index is 14.2. The van der Waals surface area contributed by atoms with Gasteiger partial charge in [-0.2, -0.15) is 8.78 Å². The van der Waals surface area contributed by atoms with Gasteiger partial charge >= 0.3 is 12.0 Å². The summed E-state index contributed by atoms with van der Waals surface area (Å²) in [6.07, 6.45) is -0.774. The molecule has 1 aliphatic heterocycles. The number of fused-ring (bicyclic) bond motifs is 1. The van der Waals surface area contributed by atoms with Crippen LogP contribution in [0.3, 0.4) is 0 Å². The van der Waals surface area contributed by atoms with Gasteiger partial charge in [0.05, 0.1) is 13.1 Å². The Bertz CT molecular complexity index is 915. The average molecular weight is 378 g/mol. The zero-order valence-electron chi connectivity index (χ0n) is 14.7. The van der Waals surface area contributed by atoms with E-state index in [1.165, 1.54) is 11.0 Å². The highest BCUT2D eigenvalue weighted by atomic mass is 19.3. The fourth-order valence-electron chi connectivity index (χ4n) is 2.85. The number of aryl methyl sites for hydroxylation is 1. The topological polar surface area (TPSA) is 58.6 Å². The Hall–Kier alpha value is -3.03. The molecule has 2 aromatic rings. The van der Waals surface area contributed by atoms with Crippen molar-refractivity contribution in [1.82, 2.24) is 10.2 Å². The van der Waals surface area contributed by atoms with Crippen LogP contribution < -0.4 is 10.1 Å². The van der Waals surface area contributed by atoms with Crippen molar-refractivity contribution >= 4 is 12.0 Å². The summed E-state index contributed by atoms with van der Waals surface area (Å²) in [5.74, 6) is -5.65. The van der Waals surface area contributed by atoms with Crippen molar-refractivity contribution in [1.29, 1.82) is 0 Å². The van der Waals surface area contributed by atoms with Crippen molar-refractivity contribution in [2.24, 2.45) is 0 Å². The maximum absolute atomic E-state index is 14.2. The molecule has 0 saturated carbocycles. The number of alkyl halides is 2. The third-order valence-electron chi connectivity index (χ3n) is 4.39.